The Bertz CT molecular complexity index is 751. The lowest BCUT2D eigenvalue weighted by atomic mass is 9.88. The number of rotatable bonds is 2. The molecule has 0 N–H and O–H groups in total. The summed E-state index contributed by atoms with van der Waals surface area (Å²) in [4.78, 5) is 24.0. The van der Waals surface area contributed by atoms with Gasteiger partial charge in [0.05, 0.1) is 0 Å². The first-order chi connectivity index (χ1) is 12.7. The van der Waals surface area contributed by atoms with E-state index in [-0.39, 0.29) is 23.5 Å². The zero-order valence-corrected chi connectivity index (χ0v) is 15.7. The van der Waals surface area contributed by atoms with Gasteiger partial charge in [0.1, 0.15) is 0 Å². The monoisotopic (exact) mass is 382 g/mol. The second-order valence-electron chi connectivity index (χ2n) is 8.24. The van der Waals surface area contributed by atoms with Crippen LogP contribution in [0.2, 0.25) is 0 Å². The van der Waals surface area contributed by atoms with Gasteiger partial charge in [-0.15, -0.1) is 0 Å². The number of hydrogen-bond acceptors (Lipinski definition) is 4. The second-order valence-corrected chi connectivity index (χ2v) is 8.24. The number of carbonyl (C=O) groups is 1. The van der Waals surface area contributed by atoms with E-state index in [1.807, 2.05) is 11.9 Å². The summed E-state index contributed by atoms with van der Waals surface area (Å²) < 4.78 is 40.7. The molecule has 1 aromatic heterocycles. The van der Waals surface area contributed by atoms with Crippen LogP contribution >= 0.6 is 0 Å². The maximum atomic E-state index is 13.6. The Balaban J connectivity index is 1.61. The predicted molar refractivity (Wildman–Crippen MR) is 94.3 cm³/mol. The Hall–Kier alpha value is -1.86. The van der Waals surface area contributed by atoms with Crippen LogP contribution in [0.25, 0.3) is 0 Å². The van der Waals surface area contributed by atoms with Crippen LogP contribution in [0, 0.1) is 11.8 Å². The van der Waals surface area contributed by atoms with Crippen molar-refractivity contribution in [1.29, 1.82) is 0 Å². The number of amides is 1. The molecular weight excluding hydrogens is 357 g/mol. The number of nitrogens with zero attached hydrogens (tertiary/aromatic N) is 4. The number of likely N-dealkylation sites (tertiary alicyclic amines) is 1. The highest BCUT2D eigenvalue weighted by atomic mass is 19.4. The number of carbonyl (C=O) groups excluding carboxylic acids is 1. The largest absolute Gasteiger partial charge is 0.433 e. The molecule has 3 aliphatic rings. The summed E-state index contributed by atoms with van der Waals surface area (Å²) in [5, 5.41) is 0. The molecule has 3 atom stereocenters. The Morgan fingerprint density at radius 3 is 2.56 bits per heavy atom. The molecule has 1 aromatic rings. The molecule has 1 saturated heterocycles. The summed E-state index contributed by atoms with van der Waals surface area (Å²) in [6.45, 7) is 0.729. The van der Waals surface area contributed by atoms with Crippen molar-refractivity contribution in [1.82, 2.24) is 14.9 Å². The maximum Gasteiger partial charge on any atom is 0.433 e. The number of piperidine rings is 1. The molecule has 0 bridgehead atoms. The lowest BCUT2D eigenvalue weighted by Crippen LogP contribution is -2.39. The highest BCUT2D eigenvalue weighted by Gasteiger charge is 2.43. The second kappa shape index (κ2) is 6.63. The summed E-state index contributed by atoms with van der Waals surface area (Å²) in [5.74, 6) is 1.04. The van der Waals surface area contributed by atoms with Crippen molar-refractivity contribution in [3.8, 4) is 0 Å². The van der Waals surface area contributed by atoms with E-state index in [4.69, 9.17) is 0 Å². The van der Waals surface area contributed by atoms with E-state index < -0.39 is 11.9 Å². The first-order valence-electron chi connectivity index (χ1n) is 9.68. The summed E-state index contributed by atoms with van der Waals surface area (Å²) in [6.07, 6.45) is 0.341. The fourth-order valence-corrected chi connectivity index (χ4v) is 4.94. The third kappa shape index (κ3) is 3.38. The zero-order valence-electron chi connectivity index (χ0n) is 15.7. The molecule has 0 spiro atoms. The molecule has 5 nitrogen and oxygen atoms in total. The zero-order chi connectivity index (χ0) is 19.3. The molecular formula is C19H25F3N4O. The Labute approximate surface area is 157 Å². The minimum atomic E-state index is -4.46. The molecule has 2 heterocycles. The fraction of sp³-hybridized carbons (Fsp3) is 0.737. The van der Waals surface area contributed by atoms with E-state index in [0.29, 0.717) is 36.8 Å². The van der Waals surface area contributed by atoms with Crippen LogP contribution in [-0.4, -0.2) is 47.5 Å². The fourth-order valence-electron chi connectivity index (χ4n) is 4.94. The SMILES string of the molecule is CN1C[C@H]2C[C@@H](N(C)c3nc4c(c(C(F)(F)F)n3)CCCC4)C[C@H]2CC1=O. The van der Waals surface area contributed by atoms with E-state index >= 15 is 0 Å². The molecule has 1 aliphatic heterocycles. The van der Waals surface area contributed by atoms with Crippen LogP contribution in [0.4, 0.5) is 19.1 Å². The van der Waals surface area contributed by atoms with Gasteiger partial charge < -0.3 is 9.80 Å². The number of hydrogen-bond donors (Lipinski definition) is 0. The van der Waals surface area contributed by atoms with Gasteiger partial charge in [-0.1, -0.05) is 0 Å². The maximum absolute atomic E-state index is 13.6. The van der Waals surface area contributed by atoms with Gasteiger partial charge in [0, 0.05) is 44.4 Å². The van der Waals surface area contributed by atoms with Gasteiger partial charge >= 0.3 is 6.18 Å². The molecule has 4 rings (SSSR count). The lowest BCUT2D eigenvalue weighted by Gasteiger charge is -2.31. The molecule has 148 valence electrons. The number of halogens is 3. The van der Waals surface area contributed by atoms with E-state index in [9.17, 15) is 18.0 Å². The summed E-state index contributed by atoms with van der Waals surface area (Å²) in [5.41, 5.74) is 0.0633. The van der Waals surface area contributed by atoms with Crippen LogP contribution < -0.4 is 4.90 Å². The van der Waals surface area contributed by atoms with Crippen LogP contribution in [0.5, 0.6) is 0 Å². The lowest BCUT2D eigenvalue weighted by molar-refractivity contribution is -0.142. The highest BCUT2D eigenvalue weighted by molar-refractivity contribution is 5.77. The molecule has 1 amide bonds. The van der Waals surface area contributed by atoms with Crippen LogP contribution in [0.1, 0.15) is 49.1 Å². The topological polar surface area (TPSA) is 49.3 Å². The van der Waals surface area contributed by atoms with Gasteiger partial charge in [0.2, 0.25) is 11.9 Å². The first kappa shape index (κ1) is 18.5. The molecule has 1 saturated carbocycles. The Kier molecular flexibility index (Phi) is 4.55. The number of alkyl halides is 3. The van der Waals surface area contributed by atoms with Crippen molar-refractivity contribution in [3.63, 3.8) is 0 Å². The molecule has 2 fully saturated rings. The summed E-state index contributed by atoms with van der Waals surface area (Å²) >= 11 is 0. The first-order valence-corrected chi connectivity index (χ1v) is 9.68. The van der Waals surface area contributed by atoms with Gasteiger partial charge in [-0.2, -0.15) is 13.2 Å². The average Bonchev–Trinajstić information content (AvgIpc) is 3.02. The van der Waals surface area contributed by atoms with Gasteiger partial charge in [-0.3, -0.25) is 4.79 Å². The van der Waals surface area contributed by atoms with Crippen molar-refractivity contribution in [2.75, 3.05) is 25.5 Å². The minimum absolute atomic E-state index is 0.0713. The van der Waals surface area contributed by atoms with Gasteiger partial charge in [0.15, 0.2) is 5.69 Å². The van der Waals surface area contributed by atoms with Crippen LogP contribution in [0.3, 0.4) is 0 Å². The van der Waals surface area contributed by atoms with E-state index in [0.717, 1.165) is 32.2 Å². The smallest absolute Gasteiger partial charge is 0.345 e. The standard InChI is InChI=1S/C19H25F3N4O/c1-25-10-12-8-13(7-11(12)9-16(25)27)26(2)18-23-15-6-4-3-5-14(15)17(24-18)19(20,21)22/h11-13H,3-10H2,1-2H3/t11-,12+,13-/m0/s1. The molecule has 0 unspecified atom stereocenters. The van der Waals surface area contributed by atoms with Gasteiger partial charge in [-0.05, 0) is 50.4 Å². The predicted octanol–water partition coefficient (Wildman–Crippen LogP) is 3.07. The van der Waals surface area contributed by atoms with E-state index in [1.165, 1.54) is 0 Å². The van der Waals surface area contributed by atoms with Crippen LogP contribution in [0.15, 0.2) is 0 Å². The highest BCUT2D eigenvalue weighted by Crippen LogP contribution is 2.41. The van der Waals surface area contributed by atoms with Crippen LogP contribution in [-0.2, 0) is 23.8 Å². The van der Waals surface area contributed by atoms with Crippen molar-refractivity contribution < 1.29 is 18.0 Å². The van der Waals surface area contributed by atoms with Crippen molar-refractivity contribution in [2.45, 2.75) is 57.2 Å². The quantitative estimate of drug-likeness (QED) is 0.789. The molecule has 27 heavy (non-hydrogen) atoms. The molecule has 8 heteroatoms. The normalized spacial score (nSPS) is 28.1. The van der Waals surface area contributed by atoms with Gasteiger partial charge in [0.25, 0.3) is 0 Å². The van der Waals surface area contributed by atoms with Crippen molar-refractivity contribution >= 4 is 11.9 Å². The third-order valence-corrected chi connectivity index (χ3v) is 6.49. The number of aryl methyl sites for hydroxylation is 1. The molecule has 0 radical (unpaired) electrons. The number of anilines is 1. The van der Waals surface area contributed by atoms with E-state index in [1.54, 1.807) is 11.9 Å². The summed E-state index contributed by atoms with van der Waals surface area (Å²) in [7, 11) is 3.61. The average molecular weight is 382 g/mol. The van der Waals surface area contributed by atoms with E-state index in [2.05, 4.69) is 9.97 Å². The minimum Gasteiger partial charge on any atom is -0.345 e. The molecule has 0 aromatic carbocycles. The number of fused-ring (bicyclic) bond motifs is 2. The van der Waals surface area contributed by atoms with Crippen molar-refractivity contribution in [3.05, 3.63) is 17.0 Å². The Morgan fingerprint density at radius 1 is 1.11 bits per heavy atom. The van der Waals surface area contributed by atoms with Crippen molar-refractivity contribution in [2.24, 2.45) is 11.8 Å². The summed E-state index contributed by atoms with van der Waals surface area (Å²) in [6, 6.07) is 0.0713. The Morgan fingerprint density at radius 2 is 1.81 bits per heavy atom. The third-order valence-electron chi connectivity index (χ3n) is 6.49. The molecule has 2 aliphatic carbocycles. The van der Waals surface area contributed by atoms with Gasteiger partial charge in [-0.25, -0.2) is 9.97 Å². The number of aromatic nitrogens is 2.